The molecule has 0 atom stereocenters. The molecule has 1 aromatic rings. The summed E-state index contributed by atoms with van der Waals surface area (Å²) in [6, 6.07) is 5.49. The van der Waals surface area contributed by atoms with Crippen molar-refractivity contribution in [1.29, 1.82) is 0 Å². The van der Waals surface area contributed by atoms with Gasteiger partial charge in [0, 0.05) is 0 Å². The molecule has 0 aliphatic carbocycles. The lowest BCUT2D eigenvalue weighted by atomic mass is 9.97. The molecule has 1 aromatic carbocycles. The highest BCUT2D eigenvalue weighted by molar-refractivity contribution is 6.15. The van der Waals surface area contributed by atoms with Crippen LogP contribution in [0.1, 0.15) is 162 Å². The molecule has 0 saturated carbocycles. The first-order chi connectivity index (χ1) is 16.2. The van der Waals surface area contributed by atoms with Gasteiger partial charge in [0.05, 0.1) is 11.1 Å². The molecule has 0 bridgehead atoms. The third-order valence-corrected chi connectivity index (χ3v) is 7.06. The molecule has 3 heteroatoms. The van der Waals surface area contributed by atoms with Crippen molar-refractivity contribution >= 4 is 11.9 Å². The van der Waals surface area contributed by atoms with E-state index in [1.54, 1.807) is 6.07 Å². The minimum Gasteiger partial charge on any atom is -0.386 e. The number of hydrogen-bond donors (Lipinski definition) is 0. The van der Waals surface area contributed by atoms with E-state index in [0.29, 0.717) is 11.1 Å². The highest BCUT2D eigenvalue weighted by Gasteiger charge is 2.31. The second-order valence-electron chi connectivity index (χ2n) is 9.98. The smallest absolute Gasteiger partial charge is 0.347 e. The number of aryl methyl sites for hydroxylation is 1. The van der Waals surface area contributed by atoms with E-state index in [0.717, 1.165) is 18.4 Å². The Hall–Kier alpha value is -1.64. The topological polar surface area (TPSA) is 43.4 Å². The van der Waals surface area contributed by atoms with E-state index in [4.69, 9.17) is 4.74 Å². The summed E-state index contributed by atoms with van der Waals surface area (Å²) < 4.78 is 4.74. The number of cyclic esters (lactones) is 2. The molecular weight excluding hydrogens is 408 g/mol. The monoisotopic (exact) mass is 456 g/mol. The minimum atomic E-state index is -0.500. The van der Waals surface area contributed by atoms with Crippen molar-refractivity contribution in [3.63, 3.8) is 0 Å². The van der Waals surface area contributed by atoms with Gasteiger partial charge in [0.25, 0.3) is 0 Å². The van der Waals surface area contributed by atoms with Crippen LogP contribution >= 0.6 is 0 Å². The molecule has 3 nitrogen and oxygen atoms in total. The predicted molar refractivity (Wildman–Crippen MR) is 138 cm³/mol. The average molecular weight is 457 g/mol. The quantitative estimate of drug-likeness (QED) is 0.105. The molecule has 1 aliphatic rings. The SMILES string of the molecule is CCCCCCCCCCCCCCCCCCCCCCc1cccc2c1C(=O)OC2=O. The molecule has 0 fully saturated rings. The number of benzene rings is 1. The molecule has 0 unspecified atom stereocenters. The highest BCUT2D eigenvalue weighted by atomic mass is 16.6. The summed E-state index contributed by atoms with van der Waals surface area (Å²) in [6.07, 6.45) is 28.4. The first kappa shape index (κ1) is 27.6. The molecule has 0 spiro atoms. The van der Waals surface area contributed by atoms with Gasteiger partial charge in [-0.1, -0.05) is 141 Å². The van der Waals surface area contributed by atoms with Crippen LogP contribution in [0.25, 0.3) is 0 Å². The van der Waals surface area contributed by atoms with E-state index in [-0.39, 0.29) is 0 Å². The molecule has 186 valence electrons. The third kappa shape index (κ3) is 11.4. The van der Waals surface area contributed by atoms with E-state index >= 15 is 0 Å². The molecule has 0 saturated heterocycles. The zero-order valence-electron chi connectivity index (χ0n) is 21.3. The van der Waals surface area contributed by atoms with Crippen molar-refractivity contribution in [1.82, 2.24) is 0 Å². The van der Waals surface area contributed by atoms with Crippen LogP contribution in [-0.4, -0.2) is 11.9 Å². The summed E-state index contributed by atoms with van der Waals surface area (Å²) in [5, 5.41) is 0. The van der Waals surface area contributed by atoms with Crippen molar-refractivity contribution in [3.05, 3.63) is 34.9 Å². The summed E-state index contributed by atoms with van der Waals surface area (Å²) in [7, 11) is 0. The number of ether oxygens (including phenoxy) is 1. The lowest BCUT2D eigenvalue weighted by Crippen LogP contribution is -2.00. The van der Waals surface area contributed by atoms with Gasteiger partial charge in [-0.25, -0.2) is 9.59 Å². The molecule has 1 heterocycles. The number of esters is 2. The average Bonchev–Trinajstić information content (AvgIpc) is 3.12. The van der Waals surface area contributed by atoms with Gasteiger partial charge in [-0.2, -0.15) is 0 Å². The van der Waals surface area contributed by atoms with Crippen molar-refractivity contribution in [2.45, 2.75) is 142 Å². The number of fused-ring (bicyclic) bond motifs is 1. The summed E-state index contributed by atoms with van der Waals surface area (Å²) in [5.41, 5.74) is 1.90. The molecule has 0 radical (unpaired) electrons. The fourth-order valence-electron chi connectivity index (χ4n) is 4.98. The minimum absolute atomic E-state index is 0.436. The first-order valence-electron chi connectivity index (χ1n) is 14.1. The third-order valence-electron chi connectivity index (χ3n) is 7.06. The maximum absolute atomic E-state index is 11.9. The summed E-state index contributed by atoms with van der Waals surface area (Å²) >= 11 is 0. The van der Waals surface area contributed by atoms with E-state index in [2.05, 4.69) is 6.92 Å². The normalized spacial score (nSPS) is 12.9. The zero-order valence-corrected chi connectivity index (χ0v) is 21.3. The summed E-state index contributed by atoms with van der Waals surface area (Å²) in [5.74, 6) is -0.973. The van der Waals surface area contributed by atoms with Crippen LogP contribution in [0.15, 0.2) is 18.2 Å². The van der Waals surface area contributed by atoms with E-state index in [1.165, 1.54) is 122 Å². The Morgan fingerprint density at radius 3 is 1.42 bits per heavy atom. The Balaban J connectivity index is 1.32. The maximum Gasteiger partial charge on any atom is 0.347 e. The van der Waals surface area contributed by atoms with Crippen LogP contribution in [0.5, 0.6) is 0 Å². The Labute approximate surface area is 203 Å². The van der Waals surface area contributed by atoms with Crippen LogP contribution < -0.4 is 0 Å². The van der Waals surface area contributed by atoms with E-state index in [1.807, 2.05) is 12.1 Å². The van der Waals surface area contributed by atoms with Crippen LogP contribution in [0.2, 0.25) is 0 Å². The van der Waals surface area contributed by atoms with Gasteiger partial charge in [-0.15, -0.1) is 0 Å². The Bertz CT molecular complexity index is 679. The van der Waals surface area contributed by atoms with Crippen molar-refractivity contribution in [2.75, 3.05) is 0 Å². The highest BCUT2D eigenvalue weighted by Crippen LogP contribution is 2.25. The molecule has 33 heavy (non-hydrogen) atoms. The first-order valence-corrected chi connectivity index (χ1v) is 14.1. The van der Waals surface area contributed by atoms with Crippen LogP contribution in [-0.2, 0) is 11.2 Å². The fraction of sp³-hybridized carbons (Fsp3) is 0.733. The van der Waals surface area contributed by atoms with Crippen LogP contribution in [0.4, 0.5) is 0 Å². The Morgan fingerprint density at radius 1 is 0.545 bits per heavy atom. The van der Waals surface area contributed by atoms with Gasteiger partial charge in [-0.05, 0) is 24.5 Å². The Kier molecular flexibility index (Phi) is 14.9. The van der Waals surface area contributed by atoms with Gasteiger partial charge < -0.3 is 4.74 Å². The molecule has 0 N–H and O–H groups in total. The number of rotatable bonds is 21. The Morgan fingerprint density at radius 2 is 0.970 bits per heavy atom. The zero-order chi connectivity index (χ0) is 23.6. The summed E-state index contributed by atoms with van der Waals surface area (Å²) in [6.45, 7) is 2.29. The largest absolute Gasteiger partial charge is 0.386 e. The number of unbranched alkanes of at least 4 members (excludes halogenated alkanes) is 19. The molecule has 2 rings (SSSR count). The maximum atomic E-state index is 11.9. The predicted octanol–water partition coefficient (Wildman–Crippen LogP) is 9.36. The number of carbonyl (C=O) groups is 2. The van der Waals surface area contributed by atoms with Gasteiger partial charge in [-0.3, -0.25) is 0 Å². The van der Waals surface area contributed by atoms with Crippen molar-refractivity contribution < 1.29 is 14.3 Å². The van der Waals surface area contributed by atoms with Gasteiger partial charge >= 0.3 is 11.9 Å². The standard InChI is InChI=1S/C30H48O3/c1-2-3-4-5-6-7-8-9-10-11-12-13-14-15-16-17-18-19-20-21-23-26-24-22-25-27-28(26)30(32)33-29(27)31/h22,24-25H,2-21,23H2,1H3. The lowest BCUT2D eigenvalue weighted by Gasteiger charge is -2.06. The second kappa shape index (κ2) is 17.8. The van der Waals surface area contributed by atoms with Gasteiger partial charge in [0.1, 0.15) is 0 Å². The fourth-order valence-corrected chi connectivity index (χ4v) is 4.98. The molecular formula is C30H48O3. The molecule has 0 aromatic heterocycles. The van der Waals surface area contributed by atoms with E-state index in [9.17, 15) is 9.59 Å². The van der Waals surface area contributed by atoms with Gasteiger partial charge in [0.15, 0.2) is 0 Å². The second-order valence-corrected chi connectivity index (χ2v) is 9.98. The molecule has 1 aliphatic heterocycles. The van der Waals surface area contributed by atoms with Crippen LogP contribution in [0.3, 0.4) is 0 Å². The lowest BCUT2D eigenvalue weighted by molar-refractivity contribution is 0.0443. The number of hydrogen-bond acceptors (Lipinski definition) is 3. The number of carbonyl (C=O) groups excluding carboxylic acids is 2. The van der Waals surface area contributed by atoms with Crippen molar-refractivity contribution in [2.24, 2.45) is 0 Å². The molecule has 0 amide bonds. The summed E-state index contributed by atoms with van der Waals surface area (Å²) in [4.78, 5) is 23.5. The van der Waals surface area contributed by atoms with Crippen LogP contribution in [0, 0.1) is 0 Å². The van der Waals surface area contributed by atoms with Crippen molar-refractivity contribution in [3.8, 4) is 0 Å². The van der Waals surface area contributed by atoms with E-state index < -0.39 is 11.9 Å². The van der Waals surface area contributed by atoms with Gasteiger partial charge in [0.2, 0.25) is 0 Å².